The van der Waals surface area contributed by atoms with Crippen molar-refractivity contribution in [2.24, 2.45) is 0 Å². The van der Waals surface area contributed by atoms with Gasteiger partial charge in [-0.1, -0.05) is 30.1 Å². The van der Waals surface area contributed by atoms with Crippen molar-refractivity contribution < 1.29 is 14.6 Å². The van der Waals surface area contributed by atoms with Gasteiger partial charge in [-0.15, -0.1) is 12.4 Å². The van der Waals surface area contributed by atoms with Gasteiger partial charge < -0.3 is 9.84 Å². The number of carboxylic acids is 1. The second kappa shape index (κ2) is 7.64. The second-order valence-electron chi connectivity index (χ2n) is 3.29. The Morgan fingerprint density at radius 2 is 2.06 bits per heavy atom. The molecule has 0 fully saturated rings. The van der Waals surface area contributed by atoms with Crippen molar-refractivity contribution in [1.29, 1.82) is 0 Å². The van der Waals surface area contributed by atoms with Gasteiger partial charge in [-0.25, -0.2) is 0 Å². The minimum atomic E-state index is -0.945. The van der Waals surface area contributed by atoms with Crippen LogP contribution in [0, 0.1) is 0 Å². The number of carboxylic acid groups (broad SMARTS) is 1. The SMILES string of the molecule is CCCOc1c(Cl)cc(Cl)cc1CC(=O)O.Cl. The number of ether oxygens (including phenoxy) is 1. The molecule has 0 radical (unpaired) electrons. The van der Waals surface area contributed by atoms with E-state index < -0.39 is 5.97 Å². The Labute approximate surface area is 116 Å². The average molecular weight is 300 g/mol. The zero-order valence-corrected chi connectivity index (χ0v) is 11.5. The first-order chi connectivity index (χ1) is 7.54. The fourth-order valence-corrected chi connectivity index (χ4v) is 1.86. The van der Waals surface area contributed by atoms with E-state index in [2.05, 4.69) is 0 Å². The van der Waals surface area contributed by atoms with Gasteiger partial charge in [0.05, 0.1) is 18.1 Å². The molecule has 0 bridgehead atoms. The van der Waals surface area contributed by atoms with E-state index in [4.69, 9.17) is 33.0 Å². The quantitative estimate of drug-likeness (QED) is 0.899. The smallest absolute Gasteiger partial charge is 0.307 e. The lowest BCUT2D eigenvalue weighted by Crippen LogP contribution is -2.05. The maximum absolute atomic E-state index is 10.7. The number of rotatable bonds is 5. The maximum Gasteiger partial charge on any atom is 0.307 e. The normalized spacial score (nSPS) is 9.59. The fraction of sp³-hybridized carbons (Fsp3) is 0.364. The highest BCUT2D eigenvalue weighted by molar-refractivity contribution is 6.35. The number of hydrogen-bond donors (Lipinski definition) is 1. The summed E-state index contributed by atoms with van der Waals surface area (Å²) in [6, 6.07) is 3.10. The molecular weight excluding hydrogens is 286 g/mol. The monoisotopic (exact) mass is 298 g/mol. The molecule has 0 aliphatic rings. The third-order valence-corrected chi connectivity index (χ3v) is 2.38. The van der Waals surface area contributed by atoms with Crippen molar-refractivity contribution in [2.45, 2.75) is 19.8 Å². The first-order valence-electron chi connectivity index (χ1n) is 4.87. The van der Waals surface area contributed by atoms with Crippen molar-refractivity contribution in [2.75, 3.05) is 6.61 Å². The van der Waals surface area contributed by atoms with E-state index in [-0.39, 0.29) is 18.8 Å². The first kappa shape index (κ1) is 16.4. The van der Waals surface area contributed by atoms with Crippen LogP contribution >= 0.6 is 35.6 Å². The van der Waals surface area contributed by atoms with E-state index in [0.29, 0.717) is 28.0 Å². The molecule has 96 valence electrons. The number of halogens is 3. The van der Waals surface area contributed by atoms with Crippen LogP contribution in [-0.2, 0) is 11.2 Å². The molecule has 1 N–H and O–H groups in total. The van der Waals surface area contributed by atoms with Crippen molar-refractivity contribution in [1.82, 2.24) is 0 Å². The number of hydrogen-bond acceptors (Lipinski definition) is 2. The Kier molecular flexibility index (Phi) is 7.35. The Hall–Kier alpha value is -0.640. The Morgan fingerprint density at radius 1 is 1.41 bits per heavy atom. The Morgan fingerprint density at radius 3 is 2.59 bits per heavy atom. The molecule has 1 aromatic carbocycles. The molecule has 0 saturated heterocycles. The standard InChI is InChI=1S/C11H12Cl2O3.ClH/c1-2-3-16-11-7(5-10(14)15)4-8(12)6-9(11)13;/h4,6H,2-3,5H2,1H3,(H,14,15);1H. The van der Waals surface area contributed by atoms with Gasteiger partial charge in [-0.2, -0.15) is 0 Å². The van der Waals surface area contributed by atoms with Crippen molar-refractivity contribution in [3.63, 3.8) is 0 Å². The molecular formula is C11H13Cl3O3. The van der Waals surface area contributed by atoms with Gasteiger partial charge in [-0.05, 0) is 18.6 Å². The largest absolute Gasteiger partial charge is 0.492 e. The fourth-order valence-electron chi connectivity index (χ4n) is 1.27. The summed E-state index contributed by atoms with van der Waals surface area (Å²) in [7, 11) is 0. The van der Waals surface area contributed by atoms with Crippen LogP contribution in [0.5, 0.6) is 5.75 Å². The van der Waals surface area contributed by atoms with E-state index in [0.717, 1.165) is 6.42 Å². The summed E-state index contributed by atoms with van der Waals surface area (Å²) in [6.45, 7) is 2.45. The van der Waals surface area contributed by atoms with Crippen LogP contribution in [0.1, 0.15) is 18.9 Å². The van der Waals surface area contributed by atoms with Crippen LogP contribution in [0.25, 0.3) is 0 Å². The molecule has 0 unspecified atom stereocenters. The summed E-state index contributed by atoms with van der Waals surface area (Å²) in [5.41, 5.74) is 0.499. The highest BCUT2D eigenvalue weighted by atomic mass is 35.5. The molecule has 1 aromatic rings. The summed E-state index contributed by atoms with van der Waals surface area (Å²) in [5, 5.41) is 9.51. The summed E-state index contributed by atoms with van der Waals surface area (Å²) >= 11 is 11.8. The van der Waals surface area contributed by atoms with E-state index in [9.17, 15) is 4.79 Å². The molecule has 6 heteroatoms. The lowest BCUT2D eigenvalue weighted by Gasteiger charge is -2.12. The van der Waals surface area contributed by atoms with Crippen molar-refractivity contribution in [3.8, 4) is 5.75 Å². The minimum absolute atomic E-state index is 0. The van der Waals surface area contributed by atoms with Crippen molar-refractivity contribution >= 4 is 41.6 Å². The predicted octanol–water partition coefficient (Wildman–Crippen LogP) is 3.83. The van der Waals surface area contributed by atoms with Crippen LogP contribution in [0.15, 0.2) is 12.1 Å². The summed E-state index contributed by atoms with van der Waals surface area (Å²) in [4.78, 5) is 10.7. The van der Waals surface area contributed by atoms with Gasteiger partial charge in [0.25, 0.3) is 0 Å². The maximum atomic E-state index is 10.7. The van der Waals surface area contributed by atoms with Crippen LogP contribution in [0.4, 0.5) is 0 Å². The molecule has 0 atom stereocenters. The molecule has 0 heterocycles. The highest BCUT2D eigenvalue weighted by Crippen LogP contribution is 2.32. The topological polar surface area (TPSA) is 46.5 Å². The first-order valence-corrected chi connectivity index (χ1v) is 5.62. The second-order valence-corrected chi connectivity index (χ2v) is 4.14. The zero-order chi connectivity index (χ0) is 12.1. The number of aliphatic carboxylic acids is 1. The van der Waals surface area contributed by atoms with Crippen LogP contribution in [-0.4, -0.2) is 17.7 Å². The molecule has 0 spiro atoms. The lowest BCUT2D eigenvalue weighted by molar-refractivity contribution is -0.136. The van der Waals surface area contributed by atoms with E-state index in [1.54, 1.807) is 12.1 Å². The molecule has 0 aromatic heterocycles. The van der Waals surface area contributed by atoms with Gasteiger partial charge in [-0.3, -0.25) is 4.79 Å². The zero-order valence-electron chi connectivity index (χ0n) is 9.20. The Bertz CT molecular complexity index is 394. The summed E-state index contributed by atoms with van der Waals surface area (Å²) < 4.78 is 5.42. The summed E-state index contributed by atoms with van der Waals surface area (Å²) in [5.74, 6) is -0.532. The van der Waals surface area contributed by atoms with Crippen LogP contribution < -0.4 is 4.74 Å². The van der Waals surface area contributed by atoms with E-state index >= 15 is 0 Å². The Balaban J connectivity index is 0.00000256. The average Bonchev–Trinajstić information content (AvgIpc) is 2.15. The molecule has 0 saturated carbocycles. The third-order valence-electron chi connectivity index (χ3n) is 1.88. The highest BCUT2D eigenvalue weighted by Gasteiger charge is 2.13. The lowest BCUT2D eigenvalue weighted by atomic mass is 10.1. The van der Waals surface area contributed by atoms with Gasteiger partial charge in [0.15, 0.2) is 0 Å². The van der Waals surface area contributed by atoms with Gasteiger partial charge in [0.1, 0.15) is 5.75 Å². The number of carbonyl (C=O) groups is 1. The molecule has 0 aliphatic carbocycles. The van der Waals surface area contributed by atoms with Crippen molar-refractivity contribution in [3.05, 3.63) is 27.7 Å². The number of benzene rings is 1. The molecule has 1 rings (SSSR count). The van der Waals surface area contributed by atoms with E-state index in [1.807, 2.05) is 6.92 Å². The minimum Gasteiger partial charge on any atom is -0.492 e. The van der Waals surface area contributed by atoms with Gasteiger partial charge >= 0.3 is 5.97 Å². The third kappa shape index (κ3) is 5.02. The predicted molar refractivity (Wildman–Crippen MR) is 70.8 cm³/mol. The molecule has 3 nitrogen and oxygen atoms in total. The van der Waals surface area contributed by atoms with E-state index in [1.165, 1.54) is 0 Å². The summed E-state index contributed by atoms with van der Waals surface area (Å²) in [6.07, 6.45) is 0.671. The van der Waals surface area contributed by atoms with Crippen LogP contribution in [0.3, 0.4) is 0 Å². The van der Waals surface area contributed by atoms with Gasteiger partial charge in [0.2, 0.25) is 0 Å². The van der Waals surface area contributed by atoms with Gasteiger partial charge in [0, 0.05) is 10.6 Å². The molecule has 0 aliphatic heterocycles. The molecule has 17 heavy (non-hydrogen) atoms. The van der Waals surface area contributed by atoms with Crippen LogP contribution in [0.2, 0.25) is 10.0 Å². The molecule has 0 amide bonds.